The Morgan fingerprint density at radius 3 is 2.14 bits per heavy atom. The van der Waals surface area contributed by atoms with Crippen molar-refractivity contribution in [3.05, 3.63) is 71.8 Å². The molecule has 3 aromatic carbocycles. The summed E-state index contributed by atoms with van der Waals surface area (Å²) in [5.41, 5.74) is 6.95. The van der Waals surface area contributed by atoms with Crippen LogP contribution in [-0.4, -0.2) is 0 Å². The van der Waals surface area contributed by atoms with Crippen molar-refractivity contribution < 1.29 is 4.42 Å². The molecular formula is C20H16O. The Balaban J connectivity index is 2.02. The summed E-state index contributed by atoms with van der Waals surface area (Å²) in [6, 6.07) is 21.2. The molecule has 1 heterocycles. The summed E-state index contributed by atoms with van der Waals surface area (Å²) in [5.74, 6) is 0. The summed E-state index contributed by atoms with van der Waals surface area (Å²) in [4.78, 5) is 0. The largest absolute Gasteiger partial charge is 0.456 e. The Hall–Kier alpha value is -2.54. The zero-order valence-electron chi connectivity index (χ0n) is 12.2. The van der Waals surface area contributed by atoms with Crippen molar-refractivity contribution in [3.63, 3.8) is 0 Å². The highest BCUT2D eigenvalue weighted by molar-refractivity contribution is 6.06. The minimum absolute atomic E-state index is 0.953. The quantitative estimate of drug-likeness (QED) is 0.422. The third-order valence-electron chi connectivity index (χ3n) is 4.19. The summed E-state index contributed by atoms with van der Waals surface area (Å²) < 4.78 is 5.98. The van der Waals surface area contributed by atoms with Crippen molar-refractivity contribution in [1.82, 2.24) is 0 Å². The third kappa shape index (κ3) is 1.93. The van der Waals surface area contributed by atoms with Crippen LogP contribution in [0.1, 0.15) is 11.1 Å². The van der Waals surface area contributed by atoms with Crippen LogP contribution in [0.2, 0.25) is 0 Å². The molecule has 0 saturated carbocycles. The molecule has 21 heavy (non-hydrogen) atoms. The average Bonchev–Trinajstić information content (AvgIpc) is 2.85. The maximum absolute atomic E-state index is 5.98. The van der Waals surface area contributed by atoms with Crippen molar-refractivity contribution >= 4 is 21.9 Å². The molecule has 0 saturated heterocycles. The number of hydrogen-bond donors (Lipinski definition) is 0. The topological polar surface area (TPSA) is 13.1 Å². The number of hydrogen-bond acceptors (Lipinski definition) is 1. The van der Waals surface area contributed by atoms with Gasteiger partial charge in [-0.05, 0) is 60.4 Å². The van der Waals surface area contributed by atoms with Gasteiger partial charge in [0.2, 0.25) is 0 Å². The molecule has 0 aliphatic carbocycles. The second kappa shape index (κ2) is 4.49. The molecule has 0 fully saturated rings. The van der Waals surface area contributed by atoms with E-state index in [1.807, 2.05) is 6.07 Å². The fraction of sp³-hybridized carbons (Fsp3) is 0.100. The lowest BCUT2D eigenvalue weighted by Gasteiger charge is -2.01. The molecule has 0 N–H and O–H groups in total. The minimum atomic E-state index is 0.953. The van der Waals surface area contributed by atoms with E-state index in [0.29, 0.717) is 0 Å². The lowest BCUT2D eigenvalue weighted by Crippen LogP contribution is -1.79. The minimum Gasteiger partial charge on any atom is -0.456 e. The van der Waals surface area contributed by atoms with Gasteiger partial charge in [-0.3, -0.25) is 0 Å². The molecule has 0 unspecified atom stereocenters. The van der Waals surface area contributed by atoms with Crippen molar-refractivity contribution in [2.45, 2.75) is 13.8 Å². The van der Waals surface area contributed by atoms with Crippen LogP contribution in [0.5, 0.6) is 0 Å². The predicted molar refractivity (Wildman–Crippen MR) is 88.6 cm³/mol. The molecule has 0 spiro atoms. The average molecular weight is 272 g/mol. The van der Waals surface area contributed by atoms with E-state index in [9.17, 15) is 0 Å². The molecule has 1 aromatic heterocycles. The first-order valence-corrected chi connectivity index (χ1v) is 7.21. The van der Waals surface area contributed by atoms with E-state index >= 15 is 0 Å². The SMILES string of the molecule is Cc1cc2oc3ccc(-c4ccccc4)cc3c2cc1C. The van der Waals surface area contributed by atoms with Gasteiger partial charge >= 0.3 is 0 Å². The number of benzene rings is 3. The van der Waals surface area contributed by atoms with Crippen LogP contribution in [0.15, 0.2) is 65.1 Å². The smallest absolute Gasteiger partial charge is 0.135 e. The molecule has 0 aliphatic rings. The molecule has 4 rings (SSSR count). The van der Waals surface area contributed by atoms with Crippen LogP contribution in [0.4, 0.5) is 0 Å². The standard InChI is InChI=1S/C20H16O/c1-13-10-17-18-12-16(15-6-4-3-5-7-15)8-9-19(18)21-20(17)11-14(13)2/h3-12H,1-2H3. The van der Waals surface area contributed by atoms with Crippen LogP contribution in [0, 0.1) is 13.8 Å². The van der Waals surface area contributed by atoms with Crippen molar-refractivity contribution in [2.24, 2.45) is 0 Å². The lowest BCUT2D eigenvalue weighted by atomic mass is 10.0. The Bertz CT molecular complexity index is 946. The fourth-order valence-electron chi connectivity index (χ4n) is 2.84. The molecule has 1 heteroatoms. The number of aryl methyl sites for hydroxylation is 2. The van der Waals surface area contributed by atoms with Gasteiger partial charge in [0, 0.05) is 10.8 Å². The molecular weight excluding hydrogens is 256 g/mol. The molecule has 4 aromatic rings. The summed E-state index contributed by atoms with van der Waals surface area (Å²) in [5, 5.41) is 2.39. The summed E-state index contributed by atoms with van der Waals surface area (Å²) in [6.07, 6.45) is 0. The van der Waals surface area contributed by atoms with Crippen LogP contribution in [0.25, 0.3) is 33.1 Å². The predicted octanol–water partition coefficient (Wildman–Crippen LogP) is 5.87. The lowest BCUT2D eigenvalue weighted by molar-refractivity contribution is 0.668. The first kappa shape index (κ1) is 12.2. The van der Waals surface area contributed by atoms with Gasteiger partial charge in [-0.1, -0.05) is 36.4 Å². The number of furan rings is 1. The second-order valence-electron chi connectivity index (χ2n) is 5.61. The van der Waals surface area contributed by atoms with Gasteiger partial charge in [-0.2, -0.15) is 0 Å². The monoisotopic (exact) mass is 272 g/mol. The third-order valence-corrected chi connectivity index (χ3v) is 4.19. The molecule has 0 aliphatic heterocycles. The van der Waals surface area contributed by atoms with Gasteiger partial charge in [-0.25, -0.2) is 0 Å². The molecule has 0 amide bonds. The van der Waals surface area contributed by atoms with Gasteiger partial charge in [0.15, 0.2) is 0 Å². The van der Waals surface area contributed by atoms with E-state index in [0.717, 1.165) is 11.2 Å². The van der Waals surface area contributed by atoms with Gasteiger partial charge in [-0.15, -0.1) is 0 Å². The molecule has 0 bridgehead atoms. The first-order valence-electron chi connectivity index (χ1n) is 7.21. The van der Waals surface area contributed by atoms with Gasteiger partial charge in [0.1, 0.15) is 11.2 Å². The van der Waals surface area contributed by atoms with Crippen molar-refractivity contribution in [1.29, 1.82) is 0 Å². The Kier molecular flexibility index (Phi) is 2.61. The molecule has 102 valence electrons. The Morgan fingerprint density at radius 2 is 1.33 bits per heavy atom. The second-order valence-corrected chi connectivity index (χ2v) is 5.61. The zero-order valence-corrected chi connectivity index (χ0v) is 12.2. The van der Waals surface area contributed by atoms with E-state index in [1.165, 1.54) is 33.0 Å². The summed E-state index contributed by atoms with van der Waals surface area (Å²) in [7, 11) is 0. The van der Waals surface area contributed by atoms with Crippen LogP contribution < -0.4 is 0 Å². The summed E-state index contributed by atoms with van der Waals surface area (Å²) >= 11 is 0. The highest BCUT2D eigenvalue weighted by Gasteiger charge is 2.09. The van der Waals surface area contributed by atoms with E-state index in [2.05, 4.69) is 68.4 Å². The highest BCUT2D eigenvalue weighted by atomic mass is 16.3. The number of rotatable bonds is 1. The first-order chi connectivity index (χ1) is 10.2. The number of fused-ring (bicyclic) bond motifs is 3. The van der Waals surface area contributed by atoms with Crippen LogP contribution >= 0.6 is 0 Å². The fourth-order valence-corrected chi connectivity index (χ4v) is 2.84. The van der Waals surface area contributed by atoms with Crippen molar-refractivity contribution in [3.8, 4) is 11.1 Å². The van der Waals surface area contributed by atoms with E-state index in [1.54, 1.807) is 0 Å². The Morgan fingerprint density at radius 1 is 0.619 bits per heavy atom. The van der Waals surface area contributed by atoms with Crippen LogP contribution in [0.3, 0.4) is 0 Å². The highest BCUT2D eigenvalue weighted by Crippen LogP contribution is 2.33. The Labute approximate surface area is 123 Å². The maximum Gasteiger partial charge on any atom is 0.135 e. The molecule has 0 radical (unpaired) electrons. The maximum atomic E-state index is 5.98. The normalized spacial score (nSPS) is 11.3. The zero-order chi connectivity index (χ0) is 14.4. The van der Waals surface area contributed by atoms with Gasteiger partial charge < -0.3 is 4.42 Å². The van der Waals surface area contributed by atoms with E-state index in [-0.39, 0.29) is 0 Å². The molecule has 0 atom stereocenters. The van der Waals surface area contributed by atoms with E-state index in [4.69, 9.17) is 4.42 Å². The van der Waals surface area contributed by atoms with Crippen molar-refractivity contribution in [2.75, 3.05) is 0 Å². The van der Waals surface area contributed by atoms with Gasteiger partial charge in [0.25, 0.3) is 0 Å². The van der Waals surface area contributed by atoms with E-state index < -0.39 is 0 Å². The van der Waals surface area contributed by atoms with Crippen LogP contribution in [-0.2, 0) is 0 Å². The summed E-state index contributed by atoms with van der Waals surface area (Å²) in [6.45, 7) is 4.27. The van der Waals surface area contributed by atoms with Gasteiger partial charge in [0.05, 0.1) is 0 Å². The molecule has 1 nitrogen and oxygen atoms in total.